The number of sulfonamides is 1. The highest BCUT2D eigenvalue weighted by Crippen LogP contribution is 2.38. The summed E-state index contributed by atoms with van der Waals surface area (Å²) in [6.07, 6.45) is 2.92. The molecule has 0 amide bonds. The van der Waals surface area contributed by atoms with E-state index in [2.05, 4.69) is 15.9 Å². The minimum absolute atomic E-state index is 0.0993. The minimum atomic E-state index is -3.54. The molecule has 1 aromatic rings. The molecule has 1 saturated carbocycles. The molecule has 2 rings (SSSR count). The van der Waals surface area contributed by atoms with Crippen LogP contribution in [-0.4, -0.2) is 30.6 Å². The van der Waals surface area contributed by atoms with Gasteiger partial charge in [0.05, 0.1) is 4.34 Å². The molecule has 1 heterocycles. The van der Waals surface area contributed by atoms with E-state index >= 15 is 0 Å². The largest absolute Gasteiger partial charge is 0.245 e. The average Bonchev–Trinajstić information content (AvgIpc) is 2.55. The average molecular weight is 393 g/mol. The van der Waals surface area contributed by atoms with Crippen molar-refractivity contribution in [1.82, 2.24) is 4.31 Å². The van der Waals surface area contributed by atoms with E-state index in [4.69, 9.17) is 23.2 Å². The molecule has 3 nitrogen and oxygen atoms in total. The van der Waals surface area contributed by atoms with Gasteiger partial charge in [-0.2, -0.15) is 4.31 Å². The molecular weight excluding hydrogens is 381 g/mol. The van der Waals surface area contributed by atoms with Crippen LogP contribution < -0.4 is 0 Å². The van der Waals surface area contributed by atoms with Crippen LogP contribution in [0.25, 0.3) is 0 Å². The third kappa shape index (κ3) is 2.88. The molecule has 0 atom stereocenters. The highest BCUT2D eigenvalue weighted by molar-refractivity contribution is 9.09. The predicted octanol–water partition coefficient (Wildman–Crippen LogP) is 3.99. The quantitative estimate of drug-likeness (QED) is 0.710. The lowest BCUT2D eigenvalue weighted by Gasteiger charge is -2.36. The van der Waals surface area contributed by atoms with E-state index in [9.17, 15) is 8.42 Å². The van der Waals surface area contributed by atoms with Gasteiger partial charge in [0, 0.05) is 17.9 Å². The molecule has 1 aliphatic rings. The third-order valence-corrected chi connectivity index (χ3v) is 7.06. The van der Waals surface area contributed by atoms with Gasteiger partial charge in [0.2, 0.25) is 10.0 Å². The summed E-state index contributed by atoms with van der Waals surface area (Å²) in [6, 6.07) is 1.53. The molecule has 0 radical (unpaired) electrons. The van der Waals surface area contributed by atoms with Gasteiger partial charge in [0.15, 0.2) is 0 Å². The Morgan fingerprint density at radius 3 is 2.50 bits per heavy atom. The van der Waals surface area contributed by atoms with E-state index in [0.29, 0.717) is 16.2 Å². The Bertz CT molecular complexity index is 528. The summed E-state index contributed by atoms with van der Waals surface area (Å²) in [7, 11) is -3.54. The summed E-state index contributed by atoms with van der Waals surface area (Å²) < 4.78 is 27.3. The fourth-order valence-electron chi connectivity index (χ4n) is 1.88. The minimum Gasteiger partial charge on any atom is -0.207 e. The molecule has 0 N–H and O–H groups in total. The van der Waals surface area contributed by atoms with Crippen LogP contribution >= 0.6 is 50.5 Å². The fraction of sp³-hybridized carbons (Fsp3) is 0.600. The van der Waals surface area contributed by atoms with Crippen molar-refractivity contribution < 1.29 is 8.42 Å². The Morgan fingerprint density at radius 2 is 2.11 bits per heavy atom. The first-order valence-electron chi connectivity index (χ1n) is 5.49. The maximum atomic E-state index is 12.6. The van der Waals surface area contributed by atoms with Crippen LogP contribution in [0.3, 0.4) is 0 Å². The van der Waals surface area contributed by atoms with Gasteiger partial charge >= 0.3 is 0 Å². The lowest BCUT2D eigenvalue weighted by Crippen LogP contribution is -2.45. The first-order chi connectivity index (χ1) is 8.46. The molecule has 0 spiro atoms. The molecule has 102 valence electrons. The van der Waals surface area contributed by atoms with Crippen molar-refractivity contribution in [3.8, 4) is 0 Å². The van der Waals surface area contributed by atoms with Crippen molar-refractivity contribution in [2.24, 2.45) is 0 Å². The molecule has 0 aliphatic heterocycles. The van der Waals surface area contributed by atoms with E-state index in [0.717, 1.165) is 30.6 Å². The van der Waals surface area contributed by atoms with Crippen molar-refractivity contribution in [2.75, 3.05) is 11.9 Å². The molecule has 1 aliphatic carbocycles. The molecule has 0 saturated heterocycles. The first-order valence-corrected chi connectivity index (χ1v) is 9.63. The second-order valence-electron chi connectivity index (χ2n) is 4.08. The molecule has 0 unspecified atom stereocenters. The Hall–Kier alpha value is 0.670. The van der Waals surface area contributed by atoms with Crippen LogP contribution in [0.15, 0.2) is 11.0 Å². The molecule has 0 bridgehead atoms. The Morgan fingerprint density at radius 1 is 1.44 bits per heavy atom. The maximum Gasteiger partial charge on any atom is 0.245 e. The number of alkyl halides is 1. The highest BCUT2D eigenvalue weighted by atomic mass is 79.9. The molecule has 1 fully saturated rings. The summed E-state index contributed by atoms with van der Waals surface area (Å²) in [5, 5.41) is 0.609. The molecular formula is C10H12BrCl2NO2S2. The van der Waals surface area contributed by atoms with Crippen molar-refractivity contribution in [2.45, 2.75) is 30.2 Å². The number of thiophene rings is 1. The van der Waals surface area contributed by atoms with Gasteiger partial charge in [-0.1, -0.05) is 45.6 Å². The van der Waals surface area contributed by atoms with Crippen LogP contribution in [0, 0.1) is 0 Å². The van der Waals surface area contributed by atoms with Gasteiger partial charge in [-0.05, 0) is 18.9 Å². The van der Waals surface area contributed by atoms with Gasteiger partial charge < -0.3 is 0 Å². The zero-order chi connectivity index (χ0) is 13.3. The number of rotatable bonds is 5. The number of halogens is 3. The second kappa shape index (κ2) is 5.97. The monoisotopic (exact) mass is 391 g/mol. The number of nitrogens with zero attached hydrogens (tertiary/aromatic N) is 1. The molecule has 18 heavy (non-hydrogen) atoms. The van der Waals surface area contributed by atoms with E-state index in [-0.39, 0.29) is 15.3 Å². The molecule has 8 heteroatoms. The first kappa shape index (κ1) is 15.1. The van der Waals surface area contributed by atoms with Crippen LogP contribution in [0.5, 0.6) is 0 Å². The predicted molar refractivity (Wildman–Crippen MR) is 79.7 cm³/mol. The Balaban J connectivity index is 2.35. The van der Waals surface area contributed by atoms with Crippen molar-refractivity contribution in [3.05, 3.63) is 14.7 Å². The lowest BCUT2D eigenvalue weighted by atomic mass is 9.93. The van der Waals surface area contributed by atoms with Gasteiger partial charge in [0.25, 0.3) is 0 Å². The summed E-state index contributed by atoms with van der Waals surface area (Å²) in [5.74, 6) is 0. The Kier molecular flexibility index (Phi) is 5.00. The smallest absolute Gasteiger partial charge is 0.207 e. The van der Waals surface area contributed by atoms with Crippen LogP contribution in [0.1, 0.15) is 19.3 Å². The SMILES string of the molecule is O=S(=O)(c1cc(Cl)sc1Cl)N(CCBr)C1CCC1. The number of hydrogen-bond donors (Lipinski definition) is 0. The standard InChI is InChI=1S/C10H12BrCl2NO2S2/c11-4-5-14(7-2-1-3-7)18(15,16)8-6-9(12)17-10(8)13/h6-7H,1-5H2. The molecule has 0 aromatic carbocycles. The van der Waals surface area contributed by atoms with Crippen molar-refractivity contribution in [1.29, 1.82) is 0 Å². The Labute approximate surface area is 129 Å². The van der Waals surface area contributed by atoms with Crippen LogP contribution in [0.2, 0.25) is 8.67 Å². The summed E-state index contributed by atoms with van der Waals surface area (Å²) >= 11 is 16.2. The topological polar surface area (TPSA) is 37.4 Å². The van der Waals surface area contributed by atoms with Crippen molar-refractivity contribution >= 4 is 60.5 Å². The number of hydrogen-bond acceptors (Lipinski definition) is 3. The summed E-state index contributed by atoms with van der Waals surface area (Å²) in [6.45, 7) is 0.455. The maximum absolute atomic E-state index is 12.6. The van der Waals surface area contributed by atoms with Gasteiger partial charge in [0.1, 0.15) is 9.23 Å². The van der Waals surface area contributed by atoms with Gasteiger partial charge in [-0.25, -0.2) is 8.42 Å². The summed E-state index contributed by atoms with van der Waals surface area (Å²) in [4.78, 5) is 0.131. The second-order valence-corrected chi connectivity index (χ2v) is 9.02. The highest BCUT2D eigenvalue weighted by Gasteiger charge is 2.36. The van der Waals surface area contributed by atoms with Crippen LogP contribution in [0.4, 0.5) is 0 Å². The van der Waals surface area contributed by atoms with E-state index in [1.54, 1.807) is 0 Å². The molecule has 1 aromatic heterocycles. The normalized spacial score (nSPS) is 17.1. The van der Waals surface area contributed by atoms with E-state index in [1.807, 2.05) is 0 Å². The third-order valence-electron chi connectivity index (χ3n) is 3.00. The van der Waals surface area contributed by atoms with Crippen LogP contribution in [-0.2, 0) is 10.0 Å². The zero-order valence-corrected chi connectivity index (χ0v) is 14.1. The van der Waals surface area contributed by atoms with Gasteiger partial charge in [-0.15, -0.1) is 11.3 Å². The van der Waals surface area contributed by atoms with Crippen molar-refractivity contribution in [3.63, 3.8) is 0 Å². The fourth-order valence-corrected chi connectivity index (χ4v) is 6.30. The zero-order valence-electron chi connectivity index (χ0n) is 9.40. The lowest BCUT2D eigenvalue weighted by molar-refractivity contribution is 0.228. The van der Waals surface area contributed by atoms with E-state index < -0.39 is 10.0 Å². The van der Waals surface area contributed by atoms with Gasteiger partial charge in [-0.3, -0.25) is 0 Å². The van der Waals surface area contributed by atoms with E-state index in [1.165, 1.54) is 10.4 Å². The summed E-state index contributed by atoms with van der Waals surface area (Å²) in [5.41, 5.74) is 0.